The molecule has 0 bridgehead atoms. The maximum absolute atomic E-state index is 13.1. The molecule has 130 valence electrons. The lowest BCUT2D eigenvalue weighted by molar-refractivity contribution is -0.0293. The van der Waals surface area contributed by atoms with E-state index in [4.69, 9.17) is 0 Å². The molecule has 2 N–H and O–H groups in total. The highest BCUT2D eigenvalue weighted by Crippen LogP contribution is 2.36. The third-order valence-electron chi connectivity index (χ3n) is 4.75. The summed E-state index contributed by atoms with van der Waals surface area (Å²) >= 11 is 0. The third kappa shape index (κ3) is 3.45. The van der Waals surface area contributed by atoms with Crippen LogP contribution >= 0.6 is 0 Å². The summed E-state index contributed by atoms with van der Waals surface area (Å²) < 4.78 is 13.1. The number of aromatic nitrogens is 2. The highest BCUT2D eigenvalue weighted by atomic mass is 19.1. The van der Waals surface area contributed by atoms with E-state index in [1.54, 1.807) is 12.1 Å². The molecule has 0 spiro atoms. The van der Waals surface area contributed by atoms with Crippen LogP contribution in [0, 0.1) is 22.6 Å². The second kappa shape index (κ2) is 7.13. The summed E-state index contributed by atoms with van der Waals surface area (Å²) in [4.78, 5) is 10.1. The van der Waals surface area contributed by atoms with Crippen molar-refractivity contribution in [1.29, 1.82) is 5.26 Å². The van der Waals surface area contributed by atoms with E-state index in [1.165, 1.54) is 24.5 Å². The van der Waals surface area contributed by atoms with Crippen molar-refractivity contribution in [2.24, 2.45) is 5.41 Å². The molecule has 1 aliphatic heterocycles. The van der Waals surface area contributed by atoms with Gasteiger partial charge in [0.2, 0.25) is 0 Å². The van der Waals surface area contributed by atoms with Crippen LogP contribution in [0.2, 0.25) is 0 Å². The molecule has 0 radical (unpaired) electrons. The van der Waals surface area contributed by atoms with E-state index in [9.17, 15) is 19.9 Å². The molecule has 1 fully saturated rings. The van der Waals surface area contributed by atoms with Gasteiger partial charge in [0.15, 0.2) is 11.5 Å². The van der Waals surface area contributed by atoms with E-state index in [2.05, 4.69) is 9.97 Å². The van der Waals surface area contributed by atoms with Crippen LogP contribution in [0.4, 0.5) is 10.2 Å². The van der Waals surface area contributed by atoms with Crippen LogP contribution in [0.3, 0.4) is 0 Å². The number of anilines is 1. The molecule has 0 aliphatic carbocycles. The van der Waals surface area contributed by atoms with Gasteiger partial charge in [-0.3, -0.25) is 0 Å². The van der Waals surface area contributed by atoms with Crippen molar-refractivity contribution < 1.29 is 14.6 Å². The van der Waals surface area contributed by atoms with E-state index >= 15 is 0 Å². The Kier molecular flexibility index (Phi) is 4.93. The Morgan fingerprint density at radius 1 is 1.28 bits per heavy atom. The van der Waals surface area contributed by atoms with E-state index in [-0.39, 0.29) is 18.1 Å². The zero-order valence-corrected chi connectivity index (χ0v) is 13.6. The summed E-state index contributed by atoms with van der Waals surface area (Å²) in [6.45, 7) is 0.610. The highest BCUT2D eigenvalue weighted by Gasteiger charge is 2.43. The fourth-order valence-electron chi connectivity index (χ4n) is 3.36. The van der Waals surface area contributed by atoms with Gasteiger partial charge in [0.1, 0.15) is 11.9 Å². The van der Waals surface area contributed by atoms with Crippen LogP contribution in [0.5, 0.6) is 0 Å². The molecular formula is C18H19FN4O2. The van der Waals surface area contributed by atoms with Gasteiger partial charge in [-0.1, -0.05) is 12.1 Å². The van der Waals surface area contributed by atoms with Crippen LogP contribution in [0.1, 0.15) is 17.7 Å². The second-order valence-corrected chi connectivity index (χ2v) is 6.39. The topological polar surface area (TPSA) is 93.3 Å². The maximum atomic E-state index is 13.1. The van der Waals surface area contributed by atoms with E-state index in [0.717, 1.165) is 5.56 Å². The van der Waals surface area contributed by atoms with Crippen molar-refractivity contribution in [2.45, 2.75) is 18.9 Å². The van der Waals surface area contributed by atoms with Crippen molar-refractivity contribution in [1.82, 2.24) is 9.97 Å². The molecule has 2 aromatic rings. The molecule has 1 aliphatic rings. The molecular weight excluding hydrogens is 323 g/mol. The zero-order valence-electron chi connectivity index (χ0n) is 13.6. The number of piperidine rings is 1. The number of aliphatic hydroxyl groups excluding tert-OH is 2. The van der Waals surface area contributed by atoms with Gasteiger partial charge in [-0.15, -0.1) is 0 Å². The number of hydrogen-bond donors (Lipinski definition) is 2. The van der Waals surface area contributed by atoms with Crippen LogP contribution < -0.4 is 4.90 Å². The first-order valence-electron chi connectivity index (χ1n) is 8.07. The minimum Gasteiger partial charge on any atom is -0.396 e. The fourth-order valence-corrected chi connectivity index (χ4v) is 3.36. The van der Waals surface area contributed by atoms with Crippen LogP contribution in [0.25, 0.3) is 0 Å². The zero-order chi connectivity index (χ0) is 17.9. The molecule has 0 amide bonds. The number of halogens is 1. The largest absolute Gasteiger partial charge is 0.396 e. The summed E-state index contributed by atoms with van der Waals surface area (Å²) in [7, 11) is 0. The van der Waals surface area contributed by atoms with Crippen molar-refractivity contribution in [3.8, 4) is 6.07 Å². The minimum absolute atomic E-state index is 0.215. The van der Waals surface area contributed by atoms with Crippen molar-refractivity contribution in [2.75, 3.05) is 24.6 Å². The monoisotopic (exact) mass is 342 g/mol. The van der Waals surface area contributed by atoms with Gasteiger partial charge < -0.3 is 15.1 Å². The van der Waals surface area contributed by atoms with Crippen LogP contribution in [-0.4, -0.2) is 46.0 Å². The Labute approximate surface area is 145 Å². The van der Waals surface area contributed by atoms with Crippen LogP contribution in [-0.2, 0) is 6.42 Å². The molecule has 2 atom stereocenters. The van der Waals surface area contributed by atoms with Crippen molar-refractivity contribution in [3.63, 3.8) is 0 Å². The number of hydrogen-bond acceptors (Lipinski definition) is 6. The summed E-state index contributed by atoms with van der Waals surface area (Å²) in [6, 6.07) is 8.06. The lowest BCUT2D eigenvalue weighted by Crippen LogP contribution is -2.55. The van der Waals surface area contributed by atoms with Crippen molar-refractivity contribution >= 4 is 5.82 Å². The first-order valence-corrected chi connectivity index (χ1v) is 8.07. The molecule has 1 aromatic heterocycles. The lowest BCUT2D eigenvalue weighted by atomic mass is 9.73. The Hall–Kier alpha value is -2.56. The standard InChI is InChI=1S/C18H19FN4O2/c19-14-3-1-13(2-4-14)9-18(12-24)11-23(8-5-16(18)25)17-15(10-20)21-6-7-22-17/h1-4,6-7,16,24-25H,5,8-9,11-12H2/t16-,18-/m0/s1. The minimum atomic E-state index is -0.819. The number of nitrogens with zero attached hydrogens (tertiary/aromatic N) is 4. The number of rotatable bonds is 4. The first-order chi connectivity index (χ1) is 12.1. The molecule has 0 unspecified atom stereocenters. The normalized spacial score (nSPS) is 23.3. The molecule has 3 rings (SSSR count). The Balaban J connectivity index is 1.89. The quantitative estimate of drug-likeness (QED) is 0.869. The van der Waals surface area contributed by atoms with Gasteiger partial charge >= 0.3 is 0 Å². The molecule has 2 heterocycles. The average Bonchev–Trinajstić information content (AvgIpc) is 2.65. The molecule has 1 saturated heterocycles. The van der Waals surface area contributed by atoms with Gasteiger partial charge in [-0.2, -0.15) is 5.26 Å². The third-order valence-corrected chi connectivity index (χ3v) is 4.75. The summed E-state index contributed by atoms with van der Waals surface area (Å²) in [6.07, 6.45) is 3.09. The fraction of sp³-hybridized carbons (Fsp3) is 0.389. The molecule has 6 nitrogen and oxygen atoms in total. The molecule has 7 heteroatoms. The Bertz CT molecular complexity index is 777. The van der Waals surface area contributed by atoms with Gasteiger partial charge in [0, 0.05) is 30.9 Å². The van der Waals surface area contributed by atoms with E-state index in [1.807, 2.05) is 11.0 Å². The summed E-state index contributed by atoms with van der Waals surface area (Å²) in [5, 5.41) is 29.9. The Morgan fingerprint density at radius 2 is 2.00 bits per heavy atom. The predicted octanol–water partition coefficient (Wildman–Crippen LogP) is 1.28. The number of nitriles is 1. The molecule has 1 aromatic carbocycles. The van der Waals surface area contributed by atoms with Gasteiger partial charge in [0.05, 0.1) is 12.7 Å². The second-order valence-electron chi connectivity index (χ2n) is 6.39. The Morgan fingerprint density at radius 3 is 2.68 bits per heavy atom. The predicted molar refractivity (Wildman–Crippen MR) is 89.2 cm³/mol. The summed E-state index contributed by atoms with van der Waals surface area (Å²) in [5.41, 5.74) is 0.226. The lowest BCUT2D eigenvalue weighted by Gasteiger charge is -2.45. The average molecular weight is 342 g/mol. The van der Waals surface area contributed by atoms with Gasteiger partial charge in [-0.25, -0.2) is 14.4 Å². The summed E-state index contributed by atoms with van der Waals surface area (Å²) in [5.74, 6) is 0.125. The highest BCUT2D eigenvalue weighted by molar-refractivity contribution is 5.50. The van der Waals surface area contributed by atoms with Crippen molar-refractivity contribution in [3.05, 3.63) is 53.7 Å². The first kappa shape index (κ1) is 17.3. The smallest absolute Gasteiger partial charge is 0.183 e. The van der Waals surface area contributed by atoms with Gasteiger partial charge in [0.25, 0.3) is 0 Å². The van der Waals surface area contributed by atoms with E-state index in [0.29, 0.717) is 31.7 Å². The van der Waals surface area contributed by atoms with Gasteiger partial charge in [-0.05, 0) is 30.5 Å². The molecule has 25 heavy (non-hydrogen) atoms. The van der Waals surface area contributed by atoms with E-state index < -0.39 is 11.5 Å². The maximum Gasteiger partial charge on any atom is 0.183 e. The molecule has 0 saturated carbocycles. The SMILES string of the molecule is N#Cc1nccnc1N1CC[C@H](O)[C@@](CO)(Cc2ccc(F)cc2)C1. The number of benzene rings is 1. The van der Waals surface area contributed by atoms with Crippen LogP contribution in [0.15, 0.2) is 36.7 Å². The number of aliphatic hydroxyl groups is 2.